The number of halogens is 1. The van der Waals surface area contributed by atoms with Gasteiger partial charge in [-0.05, 0) is 68.3 Å². The number of nitriles is 1. The SMILES string of the molecule is CCCC1CCC(C2CCC(CCC=CC=C(F)C#N)CC2)CC1. The number of hydrogen-bond acceptors (Lipinski definition) is 1. The van der Waals surface area contributed by atoms with Gasteiger partial charge in [-0.1, -0.05) is 57.6 Å². The minimum absolute atomic E-state index is 0.708. The second kappa shape index (κ2) is 10.7. The third kappa shape index (κ3) is 6.42. The molecule has 0 atom stereocenters. The Morgan fingerprint density at radius 1 is 0.958 bits per heavy atom. The van der Waals surface area contributed by atoms with Crippen molar-refractivity contribution in [3.8, 4) is 6.07 Å². The third-order valence-electron chi connectivity index (χ3n) is 6.37. The zero-order valence-electron chi connectivity index (χ0n) is 15.4. The minimum Gasteiger partial charge on any atom is -0.195 e. The second-order valence-corrected chi connectivity index (χ2v) is 7.98. The molecule has 0 aliphatic heterocycles. The van der Waals surface area contributed by atoms with E-state index in [1.54, 1.807) is 6.08 Å². The topological polar surface area (TPSA) is 23.8 Å². The summed E-state index contributed by atoms with van der Waals surface area (Å²) in [4.78, 5) is 0. The Bertz CT molecular complexity index is 443. The first-order chi connectivity index (χ1) is 11.7. The molecule has 2 fully saturated rings. The Hall–Kier alpha value is -1.10. The summed E-state index contributed by atoms with van der Waals surface area (Å²) in [6, 6.07) is 1.49. The number of nitrogens with zero attached hydrogens (tertiary/aromatic N) is 1. The standard InChI is InChI=1S/C22H34FN/c1-2-6-18-9-13-20(14-10-18)21-15-11-19(12-16-21)7-4-3-5-8-22(23)17-24/h3,5,8,18-21H,2,4,6-7,9-16H2,1H3. The first kappa shape index (κ1) is 19.2. The van der Waals surface area contributed by atoms with Crippen LogP contribution in [-0.4, -0.2) is 0 Å². The van der Waals surface area contributed by atoms with Gasteiger partial charge in [0, 0.05) is 0 Å². The smallest absolute Gasteiger partial charge is 0.195 e. The van der Waals surface area contributed by atoms with Crippen LogP contribution < -0.4 is 0 Å². The zero-order chi connectivity index (χ0) is 17.2. The molecule has 0 radical (unpaired) electrons. The highest BCUT2D eigenvalue weighted by molar-refractivity contribution is 5.18. The molecule has 134 valence electrons. The molecule has 0 heterocycles. The van der Waals surface area contributed by atoms with E-state index in [-0.39, 0.29) is 0 Å². The van der Waals surface area contributed by atoms with E-state index in [9.17, 15) is 4.39 Å². The summed E-state index contributed by atoms with van der Waals surface area (Å²) in [5.74, 6) is 3.17. The summed E-state index contributed by atoms with van der Waals surface area (Å²) in [7, 11) is 0. The van der Waals surface area contributed by atoms with Gasteiger partial charge < -0.3 is 0 Å². The Labute approximate surface area is 148 Å². The van der Waals surface area contributed by atoms with Gasteiger partial charge in [-0.2, -0.15) is 9.65 Å². The van der Waals surface area contributed by atoms with Crippen molar-refractivity contribution < 1.29 is 4.39 Å². The van der Waals surface area contributed by atoms with Crippen LogP contribution >= 0.6 is 0 Å². The van der Waals surface area contributed by atoms with Gasteiger partial charge in [-0.15, -0.1) is 0 Å². The summed E-state index contributed by atoms with van der Waals surface area (Å²) in [6.45, 7) is 2.32. The highest BCUT2D eigenvalue weighted by Crippen LogP contribution is 2.42. The van der Waals surface area contributed by atoms with Crippen molar-refractivity contribution in [1.29, 1.82) is 5.26 Å². The van der Waals surface area contributed by atoms with Crippen LogP contribution in [0.4, 0.5) is 4.39 Å². The maximum atomic E-state index is 12.6. The summed E-state index contributed by atoms with van der Waals surface area (Å²) in [5.41, 5.74) is 0. The number of hydrogen-bond donors (Lipinski definition) is 0. The second-order valence-electron chi connectivity index (χ2n) is 7.98. The molecule has 0 aromatic heterocycles. The Kier molecular flexibility index (Phi) is 8.57. The van der Waals surface area contributed by atoms with Crippen LogP contribution in [0, 0.1) is 35.0 Å². The summed E-state index contributed by atoms with van der Waals surface area (Å²) in [6.07, 6.45) is 21.5. The zero-order valence-corrected chi connectivity index (χ0v) is 15.4. The quantitative estimate of drug-likeness (QED) is 0.360. The van der Waals surface area contributed by atoms with Crippen molar-refractivity contribution in [1.82, 2.24) is 0 Å². The van der Waals surface area contributed by atoms with Crippen molar-refractivity contribution in [2.45, 2.75) is 84.0 Å². The van der Waals surface area contributed by atoms with Crippen LogP contribution in [0.15, 0.2) is 24.1 Å². The summed E-state index contributed by atoms with van der Waals surface area (Å²) < 4.78 is 12.6. The van der Waals surface area contributed by atoms with Gasteiger partial charge >= 0.3 is 0 Å². The first-order valence-electron chi connectivity index (χ1n) is 10.1. The highest BCUT2D eigenvalue weighted by Gasteiger charge is 2.30. The largest absolute Gasteiger partial charge is 0.199 e. The van der Waals surface area contributed by atoms with Crippen molar-refractivity contribution in [3.05, 3.63) is 24.1 Å². The maximum absolute atomic E-state index is 12.6. The fraction of sp³-hybridized carbons (Fsp3) is 0.773. The lowest BCUT2D eigenvalue weighted by molar-refractivity contribution is 0.141. The molecule has 0 aromatic rings. The van der Waals surface area contributed by atoms with Crippen LogP contribution in [0.25, 0.3) is 0 Å². The molecule has 2 aliphatic carbocycles. The summed E-state index contributed by atoms with van der Waals surface area (Å²) >= 11 is 0. The van der Waals surface area contributed by atoms with Crippen molar-refractivity contribution >= 4 is 0 Å². The lowest BCUT2D eigenvalue weighted by Crippen LogP contribution is -2.25. The Morgan fingerprint density at radius 2 is 1.50 bits per heavy atom. The molecule has 2 aliphatic rings. The van der Waals surface area contributed by atoms with Gasteiger partial charge in [-0.3, -0.25) is 0 Å². The van der Waals surface area contributed by atoms with Crippen LogP contribution in [-0.2, 0) is 0 Å². The monoisotopic (exact) mass is 331 g/mol. The van der Waals surface area contributed by atoms with E-state index in [4.69, 9.17) is 5.26 Å². The molecule has 0 bridgehead atoms. The molecule has 2 heteroatoms. The van der Waals surface area contributed by atoms with Crippen LogP contribution in [0.2, 0.25) is 0 Å². The molecular formula is C22H34FN. The lowest BCUT2D eigenvalue weighted by atomic mass is 9.68. The van der Waals surface area contributed by atoms with Gasteiger partial charge in [0.05, 0.1) is 0 Å². The number of allylic oxidation sites excluding steroid dienone is 4. The first-order valence-corrected chi connectivity index (χ1v) is 10.1. The van der Waals surface area contributed by atoms with E-state index >= 15 is 0 Å². The molecule has 2 rings (SSSR count). The van der Waals surface area contributed by atoms with E-state index in [0.717, 1.165) is 30.1 Å². The van der Waals surface area contributed by atoms with Gasteiger partial charge in [-0.25, -0.2) is 0 Å². The predicted octanol–water partition coefficient (Wildman–Crippen LogP) is 7.11. The van der Waals surface area contributed by atoms with Crippen molar-refractivity contribution in [2.24, 2.45) is 23.7 Å². The van der Waals surface area contributed by atoms with Crippen LogP contribution in [0.1, 0.15) is 84.0 Å². The summed E-state index contributed by atoms with van der Waals surface area (Å²) in [5, 5.41) is 8.34. The molecule has 0 saturated heterocycles. The van der Waals surface area contributed by atoms with Gasteiger partial charge in [0.1, 0.15) is 6.07 Å². The van der Waals surface area contributed by atoms with Crippen molar-refractivity contribution in [2.75, 3.05) is 0 Å². The van der Waals surface area contributed by atoms with E-state index in [1.165, 1.54) is 82.8 Å². The van der Waals surface area contributed by atoms with E-state index in [1.807, 2.05) is 6.08 Å². The maximum Gasteiger partial charge on any atom is 0.199 e. The minimum atomic E-state index is -0.708. The molecule has 0 spiro atoms. The van der Waals surface area contributed by atoms with Crippen LogP contribution in [0.5, 0.6) is 0 Å². The molecule has 0 aromatic carbocycles. The fourth-order valence-corrected chi connectivity index (χ4v) is 4.92. The third-order valence-corrected chi connectivity index (χ3v) is 6.37. The molecule has 0 unspecified atom stereocenters. The Balaban J connectivity index is 1.61. The normalized spacial score (nSPS) is 32.0. The van der Waals surface area contributed by atoms with E-state index < -0.39 is 5.83 Å². The fourth-order valence-electron chi connectivity index (χ4n) is 4.92. The average Bonchev–Trinajstić information content (AvgIpc) is 2.63. The van der Waals surface area contributed by atoms with Gasteiger partial charge in [0.15, 0.2) is 5.83 Å². The Morgan fingerprint density at radius 3 is 2.00 bits per heavy atom. The molecular weight excluding hydrogens is 297 g/mol. The average molecular weight is 332 g/mol. The molecule has 1 nitrogen and oxygen atoms in total. The van der Waals surface area contributed by atoms with Crippen molar-refractivity contribution in [3.63, 3.8) is 0 Å². The highest BCUT2D eigenvalue weighted by atomic mass is 19.1. The van der Waals surface area contributed by atoms with Crippen LogP contribution in [0.3, 0.4) is 0 Å². The van der Waals surface area contributed by atoms with E-state index in [2.05, 4.69) is 6.92 Å². The molecule has 0 N–H and O–H groups in total. The lowest BCUT2D eigenvalue weighted by Gasteiger charge is -2.38. The number of rotatable bonds is 7. The predicted molar refractivity (Wildman–Crippen MR) is 99.0 cm³/mol. The van der Waals surface area contributed by atoms with Gasteiger partial charge in [0.2, 0.25) is 0 Å². The molecule has 24 heavy (non-hydrogen) atoms. The van der Waals surface area contributed by atoms with Gasteiger partial charge in [0.25, 0.3) is 0 Å². The molecule has 0 amide bonds. The van der Waals surface area contributed by atoms with E-state index in [0.29, 0.717) is 0 Å². The molecule has 2 saturated carbocycles.